The van der Waals surface area contributed by atoms with Crippen molar-refractivity contribution in [2.24, 2.45) is 0 Å². The van der Waals surface area contributed by atoms with Gasteiger partial charge in [-0.2, -0.15) is 0 Å². The first kappa shape index (κ1) is 6.76. The lowest BCUT2D eigenvalue weighted by Crippen LogP contribution is -1.79. The first-order valence-electron chi connectivity index (χ1n) is 3.05. The molecule has 2 heteroatoms. The minimum atomic E-state index is 0.505. The quantitative estimate of drug-likeness (QED) is 0.495. The Bertz CT molecular complexity index is 284. The van der Waals surface area contributed by atoms with Gasteiger partial charge in [0.25, 0.3) is 5.82 Å². The van der Waals surface area contributed by atoms with Crippen molar-refractivity contribution in [2.45, 2.75) is 13.8 Å². The first-order valence-corrected chi connectivity index (χ1v) is 3.05. The van der Waals surface area contributed by atoms with E-state index in [9.17, 15) is 0 Å². The Hall–Kier alpha value is -1.36. The fourth-order valence-corrected chi connectivity index (χ4v) is 0.825. The van der Waals surface area contributed by atoms with Gasteiger partial charge in [-0.15, -0.1) is 4.98 Å². The van der Waals surface area contributed by atoms with E-state index in [0.717, 1.165) is 11.1 Å². The van der Waals surface area contributed by atoms with Gasteiger partial charge < -0.3 is 4.85 Å². The van der Waals surface area contributed by atoms with E-state index in [4.69, 9.17) is 6.57 Å². The van der Waals surface area contributed by atoms with Crippen LogP contribution in [0.4, 0.5) is 5.82 Å². The third-order valence-corrected chi connectivity index (χ3v) is 1.29. The summed E-state index contributed by atoms with van der Waals surface area (Å²) in [5.41, 5.74) is 2.06. The summed E-state index contributed by atoms with van der Waals surface area (Å²) in [6.45, 7) is 10.6. The molecule has 1 aromatic heterocycles. The number of aromatic nitrogens is 1. The van der Waals surface area contributed by atoms with Gasteiger partial charge in [-0.3, -0.25) is 0 Å². The molecule has 0 aromatic carbocycles. The Kier molecular flexibility index (Phi) is 1.68. The number of aryl methyl sites for hydroxylation is 2. The van der Waals surface area contributed by atoms with Gasteiger partial charge in [0.1, 0.15) is 6.20 Å². The van der Waals surface area contributed by atoms with Gasteiger partial charge in [0, 0.05) is 0 Å². The molecule has 0 saturated carbocycles. The second kappa shape index (κ2) is 2.49. The highest BCUT2D eigenvalue weighted by Gasteiger charge is 1.97. The van der Waals surface area contributed by atoms with E-state index < -0.39 is 0 Å². The molecule has 0 radical (unpaired) electrons. The standard InChI is InChI=1S/C8H8N2/c1-6-4-7(2)8(9-3)10-5-6/h4-5H,1-2H3. The maximum absolute atomic E-state index is 6.72. The third-order valence-electron chi connectivity index (χ3n) is 1.29. The first-order chi connectivity index (χ1) is 4.74. The SMILES string of the molecule is [C-]#[N+]c1ncc(C)cc1C. The fraction of sp³-hybridized carbons (Fsp3) is 0.250. The summed E-state index contributed by atoms with van der Waals surface area (Å²) in [5.74, 6) is 0.505. The predicted octanol–water partition coefficient (Wildman–Crippen LogP) is 2.25. The lowest BCUT2D eigenvalue weighted by atomic mass is 10.2. The molecule has 0 spiro atoms. The Balaban J connectivity index is 3.23. The summed E-state index contributed by atoms with van der Waals surface area (Å²) < 4.78 is 0. The molecule has 50 valence electrons. The molecule has 0 N–H and O–H groups in total. The van der Waals surface area contributed by atoms with Crippen molar-refractivity contribution in [3.05, 3.63) is 34.8 Å². The predicted molar refractivity (Wildman–Crippen MR) is 40.0 cm³/mol. The molecule has 0 atom stereocenters. The molecule has 1 heterocycles. The molecule has 1 rings (SSSR count). The van der Waals surface area contributed by atoms with E-state index in [2.05, 4.69) is 9.83 Å². The second-order valence-corrected chi connectivity index (χ2v) is 2.26. The van der Waals surface area contributed by atoms with Crippen molar-refractivity contribution < 1.29 is 0 Å². The molecule has 0 bridgehead atoms. The van der Waals surface area contributed by atoms with Gasteiger partial charge in [-0.05, 0) is 25.0 Å². The monoisotopic (exact) mass is 132 g/mol. The number of rotatable bonds is 0. The van der Waals surface area contributed by atoms with Crippen molar-refractivity contribution in [1.29, 1.82) is 0 Å². The third kappa shape index (κ3) is 1.14. The van der Waals surface area contributed by atoms with Crippen LogP contribution in [0.3, 0.4) is 0 Å². The summed E-state index contributed by atoms with van der Waals surface area (Å²) in [6.07, 6.45) is 1.71. The highest BCUT2D eigenvalue weighted by atomic mass is 14.9. The molecule has 0 aliphatic carbocycles. The minimum absolute atomic E-state index is 0.505. The zero-order valence-corrected chi connectivity index (χ0v) is 6.05. The molecule has 0 amide bonds. The van der Waals surface area contributed by atoms with E-state index >= 15 is 0 Å². The van der Waals surface area contributed by atoms with Crippen LogP contribution in [0.25, 0.3) is 4.85 Å². The van der Waals surface area contributed by atoms with Gasteiger partial charge >= 0.3 is 0 Å². The largest absolute Gasteiger partial charge is 0.360 e. The molecule has 0 saturated heterocycles. The van der Waals surface area contributed by atoms with Crippen LogP contribution in [-0.4, -0.2) is 4.98 Å². The topological polar surface area (TPSA) is 17.2 Å². The average molecular weight is 132 g/mol. The lowest BCUT2D eigenvalue weighted by molar-refractivity contribution is 1.24. The number of hydrogen-bond acceptors (Lipinski definition) is 1. The number of nitrogens with zero attached hydrogens (tertiary/aromatic N) is 2. The molecule has 0 aliphatic rings. The zero-order valence-electron chi connectivity index (χ0n) is 6.05. The lowest BCUT2D eigenvalue weighted by Gasteiger charge is -1.94. The summed E-state index contributed by atoms with van der Waals surface area (Å²) in [7, 11) is 0. The smallest absolute Gasteiger partial charge is 0.272 e. The Morgan fingerprint density at radius 2 is 2.20 bits per heavy atom. The summed E-state index contributed by atoms with van der Waals surface area (Å²) in [4.78, 5) is 7.19. The minimum Gasteiger partial charge on any atom is -0.360 e. The van der Waals surface area contributed by atoms with E-state index in [0.29, 0.717) is 5.82 Å². The van der Waals surface area contributed by atoms with Crippen molar-refractivity contribution in [2.75, 3.05) is 0 Å². The van der Waals surface area contributed by atoms with Crippen LogP contribution in [0.5, 0.6) is 0 Å². The van der Waals surface area contributed by atoms with E-state index in [-0.39, 0.29) is 0 Å². The maximum atomic E-state index is 6.72. The summed E-state index contributed by atoms with van der Waals surface area (Å²) in [6, 6.07) is 1.96. The molecule has 2 nitrogen and oxygen atoms in total. The highest BCUT2D eigenvalue weighted by molar-refractivity contribution is 5.44. The van der Waals surface area contributed by atoms with Gasteiger partial charge in [0.05, 0.1) is 0 Å². The Labute approximate surface area is 60.3 Å². The van der Waals surface area contributed by atoms with Gasteiger partial charge in [0.2, 0.25) is 0 Å². The van der Waals surface area contributed by atoms with Gasteiger partial charge in [-0.25, -0.2) is 0 Å². The Morgan fingerprint density at radius 1 is 1.50 bits per heavy atom. The molecule has 10 heavy (non-hydrogen) atoms. The second-order valence-electron chi connectivity index (χ2n) is 2.26. The molecular formula is C8H8N2. The van der Waals surface area contributed by atoms with Crippen LogP contribution in [0, 0.1) is 20.4 Å². The Morgan fingerprint density at radius 3 is 2.70 bits per heavy atom. The molecular weight excluding hydrogens is 124 g/mol. The van der Waals surface area contributed by atoms with Crippen molar-refractivity contribution in [3.8, 4) is 0 Å². The van der Waals surface area contributed by atoms with Crippen LogP contribution in [0.1, 0.15) is 11.1 Å². The number of pyridine rings is 1. The summed E-state index contributed by atoms with van der Waals surface area (Å²) in [5, 5.41) is 0. The van der Waals surface area contributed by atoms with E-state index in [1.807, 2.05) is 19.9 Å². The molecule has 0 fully saturated rings. The molecule has 1 aromatic rings. The van der Waals surface area contributed by atoms with Gasteiger partial charge in [0.15, 0.2) is 0 Å². The highest BCUT2D eigenvalue weighted by Crippen LogP contribution is 2.14. The van der Waals surface area contributed by atoms with Crippen LogP contribution >= 0.6 is 0 Å². The molecule has 0 aliphatic heterocycles. The van der Waals surface area contributed by atoms with Gasteiger partial charge in [-0.1, -0.05) is 12.6 Å². The van der Waals surface area contributed by atoms with Crippen LogP contribution < -0.4 is 0 Å². The van der Waals surface area contributed by atoms with E-state index in [1.54, 1.807) is 6.20 Å². The number of hydrogen-bond donors (Lipinski definition) is 0. The molecule has 0 unspecified atom stereocenters. The van der Waals surface area contributed by atoms with Crippen LogP contribution in [0.2, 0.25) is 0 Å². The summed E-state index contributed by atoms with van der Waals surface area (Å²) >= 11 is 0. The zero-order chi connectivity index (χ0) is 7.56. The normalized spacial score (nSPS) is 8.90. The maximum Gasteiger partial charge on any atom is 0.272 e. The van der Waals surface area contributed by atoms with Crippen molar-refractivity contribution >= 4 is 5.82 Å². The fourth-order valence-electron chi connectivity index (χ4n) is 0.825. The van der Waals surface area contributed by atoms with Crippen LogP contribution in [-0.2, 0) is 0 Å². The van der Waals surface area contributed by atoms with Crippen LogP contribution in [0.15, 0.2) is 12.3 Å². The van der Waals surface area contributed by atoms with Crippen molar-refractivity contribution in [3.63, 3.8) is 0 Å². The van der Waals surface area contributed by atoms with E-state index in [1.165, 1.54) is 0 Å². The van der Waals surface area contributed by atoms with Crippen molar-refractivity contribution in [1.82, 2.24) is 4.98 Å². The average Bonchev–Trinajstić information content (AvgIpc) is 1.88.